The van der Waals surface area contributed by atoms with Crippen LogP contribution in [0.5, 0.6) is 0 Å². The van der Waals surface area contributed by atoms with Crippen LogP contribution in [0.1, 0.15) is 27.9 Å². The molecule has 0 atom stereocenters. The highest BCUT2D eigenvalue weighted by Crippen LogP contribution is 2.24. The molecule has 0 N–H and O–H groups in total. The maximum absolute atomic E-state index is 12.8. The van der Waals surface area contributed by atoms with Crippen molar-refractivity contribution in [3.8, 4) is 0 Å². The minimum absolute atomic E-state index is 0.0611. The van der Waals surface area contributed by atoms with E-state index in [-0.39, 0.29) is 17.1 Å². The van der Waals surface area contributed by atoms with Crippen LogP contribution in [0, 0.1) is 6.92 Å². The Morgan fingerprint density at radius 3 is 2.74 bits per heavy atom. The first-order chi connectivity index (χ1) is 13.1. The Bertz CT molecular complexity index is 1210. The third-order valence-corrected chi connectivity index (χ3v) is 6.24. The highest BCUT2D eigenvalue weighted by atomic mass is 32.2. The number of thiophene rings is 1. The molecule has 0 aliphatic carbocycles. The van der Waals surface area contributed by atoms with Crippen molar-refractivity contribution in [3.63, 3.8) is 0 Å². The number of hydrogen-bond acceptors (Lipinski definition) is 6. The summed E-state index contributed by atoms with van der Waals surface area (Å²) in [5.41, 5.74) is 0.700. The van der Waals surface area contributed by atoms with Gasteiger partial charge in [0.2, 0.25) is 5.78 Å². The van der Waals surface area contributed by atoms with E-state index in [0.29, 0.717) is 22.9 Å². The summed E-state index contributed by atoms with van der Waals surface area (Å²) < 4.78 is 3.54. The number of para-hydroxylation sites is 1. The molecule has 0 bridgehead atoms. The SMILES string of the molecule is CCCn1c(=O)c2ccccc2n2c(SCC(=O)c3ccc(C)s3)nnc12. The van der Waals surface area contributed by atoms with E-state index in [1.54, 1.807) is 4.57 Å². The molecule has 0 unspecified atom stereocenters. The molecule has 8 heteroatoms. The molecule has 3 heterocycles. The van der Waals surface area contributed by atoms with Gasteiger partial charge in [0, 0.05) is 11.4 Å². The van der Waals surface area contributed by atoms with Crippen LogP contribution in [-0.4, -0.2) is 30.7 Å². The number of nitrogens with zero attached hydrogens (tertiary/aromatic N) is 4. The molecule has 0 saturated heterocycles. The molecule has 138 valence electrons. The topological polar surface area (TPSA) is 69.3 Å². The average Bonchev–Trinajstić information content (AvgIpc) is 3.30. The van der Waals surface area contributed by atoms with E-state index >= 15 is 0 Å². The zero-order chi connectivity index (χ0) is 19.0. The van der Waals surface area contributed by atoms with Crippen LogP contribution in [0.3, 0.4) is 0 Å². The van der Waals surface area contributed by atoms with E-state index < -0.39 is 0 Å². The van der Waals surface area contributed by atoms with E-state index in [4.69, 9.17) is 0 Å². The number of ketones is 1. The molecule has 4 rings (SSSR count). The number of fused-ring (bicyclic) bond motifs is 3. The van der Waals surface area contributed by atoms with Gasteiger partial charge in [-0.2, -0.15) is 0 Å². The van der Waals surface area contributed by atoms with Crippen LogP contribution in [0.15, 0.2) is 46.3 Å². The van der Waals surface area contributed by atoms with Gasteiger partial charge >= 0.3 is 0 Å². The Kier molecular flexibility index (Phi) is 4.84. The molecular formula is C19H18N4O2S2. The highest BCUT2D eigenvalue weighted by Gasteiger charge is 2.18. The lowest BCUT2D eigenvalue weighted by molar-refractivity contribution is 0.102. The first-order valence-corrected chi connectivity index (χ1v) is 10.5. The van der Waals surface area contributed by atoms with Crippen LogP contribution in [0.4, 0.5) is 0 Å². The first kappa shape index (κ1) is 17.9. The molecule has 0 spiro atoms. The van der Waals surface area contributed by atoms with Gasteiger partial charge in [0.15, 0.2) is 10.9 Å². The second-order valence-electron chi connectivity index (χ2n) is 6.21. The summed E-state index contributed by atoms with van der Waals surface area (Å²) in [4.78, 5) is 27.1. The van der Waals surface area contributed by atoms with Crippen molar-refractivity contribution in [2.75, 3.05) is 5.75 Å². The van der Waals surface area contributed by atoms with Gasteiger partial charge in [0.05, 0.1) is 21.5 Å². The van der Waals surface area contributed by atoms with Gasteiger partial charge in [-0.1, -0.05) is 30.8 Å². The second kappa shape index (κ2) is 7.28. The monoisotopic (exact) mass is 398 g/mol. The van der Waals surface area contributed by atoms with Crippen LogP contribution < -0.4 is 5.56 Å². The smallest absolute Gasteiger partial charge is 0.262 e. The fourth-order valence-corrected chi connectivity index (χ4v) is 4.76. The summed E-state index contributed by atoms with van der Waals surface area (Å²) in [6.07, 6.45) is 0.819. The van der Waals surface area contributed by atoms with Gasteiger partial charge in [-0.3, -0.25) is 18.6 Å². The fourth-order valence-electron chi connectivity index (χ4n) is 3.04. The Morgan fingerprint density at radius 1 is 1.19 bits per heavy atom. The fraction of sp³-hybridized carbons (Fsp3) is 0.263. The lowest BCUT2D eigenvalue weighted by Gasteiger charge is -2.10. The van der Waals surface area contributed by atoms with Crippen molar-refractivity contribution < 1.29 is 4.79 Å². The summed E-state index contributed by atoms with van der Waals surface area (Å²) in [6.45, 7) is 4.58. The molecule has 0 saturated carbocycles. The second-order valence-corrected chi connectivity index (χ2v) is 8.44. The van der Waals surface area contributed by atoms with Crippen molar-refractivity contribution in [2.24, 2.45) is 0 Å². The number of aromatic nitrogens is 4. The molecule has 6 nitrogen and oxygen atoms in total. The number of carbonyl (C=O) groups is 1. The summed E-state index contributed by atoms with van der Waals surface area (Å²) in [7, 11) is 0. The van der Waals surface area contributed by atoms with E-state index in [1.807, 2.05) is 54.6 Å². The Hall–Kier alpha value is -2.45. The Morgan fingerprint density at radius 2 is 2.00 bits per heavy atom. The van der Waals surface area contributed by atoms with Crippen molar-refractivity contribution in [2.45, 2.75) is 32.0 Å². The zero-order valence-corrected chi connectivity index (χ0v) is 16.6. The minimum Gasteiger partial charge on any atom is -0.292 e. The van der Waals surface area contributed by atoms with Crippen LogP contribution in [0.2, 0.25) is 0 Å². The summed E-state index contributed by atoms with van der Waals surface area (Å²) in [5.74, 6) is 0.866. The Labute approximate surface area is 163 Å². The molecular weight excluding hydrogens is 380 g/mol. The molecule has 3 aromatic heterocycles. The summed E-state index contributed by atoms with van der Waals surface area (Å²) >= 11 is 2.85. The maximum Gasteiger partial charge on any atom is 0.262 e. The largest absolute Gasteiger partial charge is 0.292 e. The lowest BCUT2D eigenvalue weighted by atomic mass is 10.2. The number of thioether (sulfide) groups is 1. The molecule has 0 amide bonds. The quantitative estimate of drug-likeness (QED) is 0.365. The van der Waals surface area contributed by atoms with Crippen molar-refractivity contribution in [1.29, 1.82) is 0 Å². The highest BCUT2D eigenvalue weighted by molar-refractivity contribution is 7.99. The van der Waals surface area contributed by atoms with Crippen molar-refractivity contribution in [3.05, 3.63) is 56.5 Å². The van der Waals surface area contributed by atoms with Crippen LogP contribution >= 0.6 is 23.1 Å². The van der Waals surface area contributed by atoms with Gasteiger partial charge in [0.1, 0.15) is 0 Å². The van der Waals surface area contributed by atoms with E-state index in [0.717, 1.165) is 21.7 Å². The van der Waals surface area contributed by atoms with E-state index in [2.05, 4.69) is 10.2 Å². The summed E-state index contributed by atoms with van der Waals surface area (Å²) in [6, 6.07) is 11.3. The number of carbonyl (C=O) groups excluding carboxylic acids is 1. The Balaban J connectivity index is 1.78. The average molecular weight is 399 g/mol. The molecule has 1 aromatic carbocycles. The van der Waals surface area contributed by atoms with Gasteiger partial charge in [-0.25, -0.2) is 0 Å². The van der Waals surface area contributed by atoms with Crippen molar-refractivity contribution in [1.82, 2.24) is 19.2 Å². The van der Waals surface area contributed by atoms with E-state index in [9.17, 15) is 9.59 Å². The van der Waals surface area contributed by atoms with Gasteiger partial charge < -0.3 is 0 Å². The molecule has 27 heavy (non-hydrogen) atoms. The maximum atomic E-state index is 12.8. The molecule has 0 radical (unpaired) electrons. The predicted molar refractivity (Wildman–Crippen MR) is 109 cm³/mol. The van der Waals surface area contributed by atoms with Gasteiger partial charge in [-0.15, -0.1) is 21.5 Å². The summed E-state index contributed by atoms with van der Waals surface area (Å²) in [5, 5.41) is 9.76. The first-order valence-electron chi connectivity index (χ1n) is 8.69. The molecule has 0 aliphatic heterocycles. The predicted octanol–water partition coefficient (Wildman–Crippen LogP) is 3.80. The van der Waals surface area contributed by atoms with Gasteiger partial charge in [-0.05, 0) is 37.6 Å². The lowest BCUT2D eigenvalue weighted by Crippen LogP contribution is -2.23. The zero-order valence-electron chi connectivity index (χ0n) is 15.0. The third-order valence-electron chi connectivity index (χ3n) is 4.27. The molecule has 4 aromatic rings. The van der Waals surface area contributed by atoms with Crippen LogP contribution in [0.25, 0.3) is 16.7 Å². The normalized spacial score (nSPS) is 11.5. The van der Waals surface area contributed by atoms with Gasteiger partial charge in [0.25, 0.3) is 5.56 Å². The number of benzene rings is 1. The third kappa shape index (κ3) is 3.19. The standard InChI is InChI=1S/C19H18N4O2S2/c1-3-10-22-17(25)13-6-4-5-7-14(13)23-18(22)20-21-19(23)26-11-15(24)16-9-8-12(2)27-16/h4-9H,3,10-11H2,1-2H3. The molecule has 0 fully saturated rings. The van der Waals surface area contributed by atoms with Crippen LogP contribution in [-0.2, 0) is 6.54 Å². The molecule has 0 aliphatic rings. The van der Waals surface area contributed by atoms with Crippen molar-refractivity contribution >= 4 is 45.6 Å². The number of Topliss-reactive ketones (excluding diaryl/α,β-unsaturated/α-hetero) is 1. The van der Waals surface area contributed by atoms with E-state index in [1.165, 1.54) is 23.1 Å². The number of aryl methyl sites for hydroxylation is 2. The number of rotatable bonds is 6. The minimum atomic E-state index is -0.0611. The number of hydrogen-bond donors (Lipinski definition) is 0.